The van der Waals surface area contributed by atoms with E-state index in [9.17, 15) is 4.79 Å². The van der Waals surface area contributed by atoms with Gasteiger partial charge in [-0.3, -0.25) is 4.79 Å². The van der Waals surface area contributed by atoms with Crippen LogP contribution in [0.25, 0.3) is 16.9 Å². The Labute approximate surface area is 233 Å². The molecule has 5 rings (SSSR count). The van der Waals surface area contributed by atoms with Gasteiger partial charge in [-0.2, -0.15) is 10.2 Å². The molecule has 40 heavy (non-hydrogen) atoms. The monoisotopic (exact) mass is 530 g/mol. The number of carbonyl (C=O) groups excluding carboxylic acids is 1. The molecule has 0 atom stereocenters. The first-order valence-electron chi connectivity index (χ1n) is 13.0. The Kier molecular flexibility index (Phi) is 8.32. The first-order chi connectivity index (χ1) is 19.5. The van der Waals surface area contributed by atoms with Crippen LogP contribution in [0.15, 0.2) is 114 Å². The Bertz CT molecular complexity index is 1590. The number of hydrogen-bond donors (Lipinski definition) is 1. The lowest BCUT2D eigenvalue weighted by atomic mass is 10.1. The summed E-state index contributed by atoms with van der Waals surface area (Å²) in [6, 6.07) is 33.4. The molecule has 0 fully saturated rings. The van der Waals surface area contributed by atoms with Crippen molar-refractivity contribution in [2.24, 2.45) is 5.10 Å². The Morgan fingerprint density at radius 2 is 1.55 bits per heavy atom. The van der Waals surface area contributed by atoms with Crippen molar-refractivity contribution < 1.29 is 14.3 Å². The van der Waals surface area contributed by atoms with Gasteiger partial charge in [0.15, 0.2) is 6.61 Å². The quantitative estimate of drug-likeness (QED) is 0.171. The van der Waals surface area contributed by atoms with Crippen LogP contribution in [0.5, 0.6) is 11.5 Å². The number of ether oxygens (including phenoxy) is 2. The fraction of sp³-hybridized carbons (Fsp3) is 0.121. The Hall–Kier alpha value is -5.17. The number of para-hydroxylation sites is 1. The lowest BCUT2D eigenvalue weighted by Gasteiger charge is -2.07. The van der Waals surface area contributed by atoms with E-state index in [2.05, 4.69) is 10.5 Å². The van der Waals surface area contributed by atoms with Crippen LogP contribution >= 0.6 is 0 Å². The van der Waals surface area contributed by atoms with E-state index in [0.717, 1.165) is 39.4 Å². The second kappa shape index (κ2) is 12.6. The van der Waals surface area contributed by atoms with Gasteiger partial charge in [0.25, 0.3) is 5.91 Å². The lowest BCUT2D eigenvalue weighted by Crippen LogP contribution is -2.24. The highest BCUT2D eigenvalue weighted by molar-refractivity contribution is 5.89. The van der Waals surface area contributed by atoms with E-state index in [4.69, 9.17) is 14.6 Å². The maximum atomic E-state index is 12.4. The van der Waals surface area contributed by atoms with Crippen molar-refractivity contribution in [3.8, 4) is 28.4 Å². The Morgan fingerprint density at radius 1 is 0.850 bits per heavy atom. The minimum absolute atomic E-state index is 0.138. The van der Waals surface area contributed by atoms with Crippen molar-refractivity contribution in [3.63, 3.8) is 0 Å². The van der Waals surface area contributed by atoms with Gasteiger partial charge in [-0.05, 0) is 79.1 Å². The first kappa shape index (κ1) is 26.4. The molecule has 7 heteroatoms. The summed E-state index contributed by atoms with van der Waals surface area (Å²) >= 11 is 0. The predicted molar refractivity (Wildman–Crippen MR) is 157 cm³/mol. The van der Waals surface area contributed by atoms with E-state index in [-0.39, 0.29) is 12.5 Å². The number of nitrogens with zero attached hydrogens (tertiary/aromatic N) is 3. The van der Waals surface area contributed by atoms with Crippen LogP contribution in [-0.2, 0) is 11.4 Å². The number of hydrogen-bond acceptors (Lipinski definition) is 5. The van der Waals surface area contributed by atoms with Gasteiger partial charge in [-0.25, -0.2) is 10.1 Å². The summed E-state index contributed by atoms with van der Waals surface area (Å²) in [5.41, 5.74) is 9.21. The smallest absolute Gasteiger partial charge is 0.277 e. The molecule has 4 aromatic carbocycles. The van der Waals surface area contributed by atoms with E-state index < -0.39 is 0 Å². The highest BCUT2D eigenvalue weighted by Crippen LogP contribution is 2.25. The number of hydrazone groups is 1. The van der Waals surface area contributed by atoms with Crippen LogP contribution in [0.4, 0.5) is 0 Å². The fourth-order valence-corrected chi connectivity index (χ4v) is 4.03. The SMILES string of the molecule is Cc1ccc(OCC(=O)N/N=C/c2cn(-c3ccccc3)nc2-c2ccc(OCc3ccccc3)cc2)cc1C. The van der Waals surface area contributed by atoms with Gasteiger partial charge < -0.3 is 9.47 Å². The number of nitrogens with one attached hydrogen (secondary N) is 1. The average molecular weight is 531 g/mol. The zero-order valence-corrected chi connectivity index (χ0v) is 22.5. The topological polar surface area (TPSA) is 77.7 Å². The van der Waals surface area contributed by atoms with Crippen LogP contribution in [0.2, 0.25) is 0 Å². The molecule has 1 N–H and O–H groups in total. The number of benzene rings is 4. The maximum absolute atomic E-state index is 12.4. The number of carbonyl (C=O) groups is 1. The molecule has 5 aromatic rings. The van der Waals surface area contributed by atoms with Gasteiger partial charge in [0.1, 0.15) is 23.8 Å². The molecule has 0 saturated carbocycles. The van der Waals surface area contributed by atoms with E-state index in [1.165, 1.54) is 5.56 Å². The standard InChI is InChI=1S/C33H30N4O3/c1-24-13-16-31(19-25(24)2)40-23-32(38)35-34-20-28-21-37(29-11-7-4-8-12-29)36-33(28)27-14-17-30(18-15-27)39-22-26-9-5-3-6-10-26/h3-21H,22-23H2,1-2H3,(H,35,38)/b34-20+. The van der Waals surface area contributed by atoms with Crippen molar-refractivity contribution in [1.29, 1.82) is 0 Å². The predicted octanol–water partition coefficient (Wildman–Crippen LogP) is 6.26. The fourth-order valence-electron chi connectivity index (χ4n) is 4.03. The normalized spacial score (nSPS) is 10.9. The summed E-state index contributed by atoms with van der Waals surface area (Å²) in [5.74, 6) is 1.05. The van der Waals surface area contributed by atoms with Gasteiger partial charge in [0.05, 0.1) is 11.9 Å². The zero-order chi connectivity index (χ0) is 27.7. The molecule has 0 aliphatic carbocycles. The zero-order valence-electron chi connectivity index (χ0n) is 22.5. The third-order valence-corrected chi connectivity index (χ3v) is 6.38. The van der Waals surface area contributed by atoms with E-state index >= 15 is 0 Å². The summed E-state index contributed by atoms with van der Waals surface area (Å²) in [7, 11) is 0. The third-order valence-electron chi connectivity index (χ3n) is 6.38. The molecule has 0 unspecified atom stereocenters. The van der Waals surface area contributed by atoms with Gasteiger partial charge in [0.2, 0.25) is 0 Å². The first-order valence-corrected chi connectivity index (χ1v) is 13.0. The molecule has 200 valence electrons. The molecule has 0 bridgehead atoms. The van der Waals surface area contributed by atoms with E-state index in [1.807, 2.05) is 123 Å². The summed E-state index contributed by atoms with van der Waals surface area (Å²) in [5, 5.41) is 8.99. The summed E-state index contributed by atoms with van der Waals surface area (Å²) < 4.78 is 13.3. The number of amides is 1. The van der Waals surface area contributed by atoms with Crippen LogP contribution in [-0.4, -0.2) is 28.5 Å². The van der Waals surface area contributed by atoms with Crippen LogP contribution in [0.3, 0.4) is 0 Å². The minimum atomic E-state index is -0.355. The molecule has 0 saturated heterocycles. The largest absolute Gasteiger partial charge is 0.489 e. The molecule has 0 aliphatic rings. The molecule has 7 nitrogen and oxygen atoms in total. The molecule has 1 amide bonds. The van der Waals surface area contributed by atoms with Crippen LogP contribution in [0.1, 0.15) is 22.3 Å². The number of rotatable bonds is 10. The van der Waals surface area contributed by atoms with Gasteiger partial charge in [0, 0.05) is 17.3 Å². The summed E-state index contributed by atoms with van der Waals surface area (Å²) in [6.45, 7) is 4.39. The van der Waals surface area contributed by atoms with Crippen LogP contribution in [0, 0.1) is 13.8 Å². The minimum Gasteiger partial charge on any atom is -0.489 e. The Balaban J connectivity index is 1.29. The number of aromatic nitrogens is 2. The summed E-state index contributed by atoms with van der Waals surface area (Å²) in [6.07, 6.45) is 3.47. The number of aryl methyl sites for hydroxylation is 2. The van der Waals surface area contributed by atoms with Crippen molar-refractivity contribution >= 4 is 12.1 Å². The molecule has 1 heterocycles. The highest BCUT2D eigenvalue weighted by Gasteiger charge is 2.12. The van der Waals surface area contributed by atoms with Gasteiger partial charge in [-0.15, -0.1) is 0 Å². The molecule has 1 aromatic heterocycles. The van der Waals surface area contributed by atoms with Crippen LogP contribution < -0.4 is 14.9 Å². The van der Waals surface area contributed by atoms with Crippen molar-refractivity contribution in [1.82, 2.24) is 15.2 Å². The van der Waals surface area contributed by atoms with Gasteiger partial charge in [-0.1, -0.05) is 54.6 Å². The maximum Gasteiger partial charge on any atom is 0.277 e. The van der Waals surface area contributed by atoms with E-state index in [0.29, 0.717) is 12.4 Å². The highest BCUT2D eigenvalue weighted by atomic mass is 16.5. The molecule has 0 aliphatic heterocycles. The Morgan fingerprint density at radius 3 is 2.27 bits per heavy atom. The summed E-state index contributed by atoms with van der Waals surface area (Å²) in [4.78, 5) is 12.4. The van der Waals surface area contributed by atoms with Crippen molar-refractivity contribution in [2.45, 2.75) is 20.5 Å². The molecular formula is C33H30N4O3. The van der Waals surface area contributed by atoms with Gasteiger partial charge >= 0.3 is 0 Å². The van der Waals surface area contributed by atoms with E-state index in [1.54, 1.807) is 10.9 Å². The second-order valence-corrected chi connectivity index (χ2v) is 9.34. The molecule has 0 radical (unpaired) electrons. The second-order valence-electron chi connectivity index (χ2n) is 9.34. The average Bonchev–Trinajstić information content (AvgIpc) is 3.42. The lowest BCUT2D eigenvalue weighted by molar-refractivity contribution is -0.123. The van der Waals surface area contributed by atoms with Crippen molar-refractivity contribution in [2.75, 3.05) is 6.61 Å². The van der Waals surface area contributed by atoms with Crippen molar-refractivity contribution in [3.05, 3.63) is 132 Å². The molecular weight excluding hydrogens is 500 g/mol. The third kappa shape index (κ3) is 6.82. The molecule has 0 spiro atoms.